The summed E-state index contributed by atoms with van der Waals surface area (Å²) in [5.74, 6) is 0.0511. The largest absolute Gasteiger partial charge is 0.507 e. The standard InChI is InChI=1S/C37H24N4O/c1-40-29(20-38)33-34(30-23-13-6-4-11-21(23)19-22-12-5-7-14-24(22)30)37(42)35(33)32-25-15-8-9-16-26(25)36(41(2)3)27-17-10-18-28(39)31(27)32/h4-19H,39H2,2-3H3/p+1/b33-29+,35-32-. The molecule has 0 saturated carbocycles. The molecule has 0 heterocycles. The minimum absolute atomic E-state index is 0.0511. The number of aliphatic hydroxyl groups excluding tert-OH is 1. The smallest absolute Gasteiger partial charge is 0.270 e. The summed E-state index contributed by atoms with van der Waals surface area (Å²) in [6, 6.07) is 34.1. The third-order valence-corrected chi connectivity index (χ3v) is 8.20. The molecule has 2 aliphatic rings. The van der Waals surface area contributed by atoms with Crippen molar-refractivity contribution in [2.45, 2.75) is 0 Å². The Hall–Kier alpha value is -5.91. The zero-order valence-electron chi connectivity index (χ0n) is 23.1. The van der Waals surface area contributed by atoms with Crippen LogP contribution in [0.5, 0.6) is 0 Å². The summed E-state index contributed by atoms with van der Waals surface area (Å²) in [6.45, 7) is 7.98. The van der Waals surface area contributed by atoms with E-state index in [1.54, 1.807) is 0 Å². The molecule has 0 saturated heterocycles. The van der Waals surface area contributed by atoms with E-state index in [1.165, 1.54) is 0 Å². The van der Waals surface area contributed by atoms with Crippen molar-refractivity contribution in [3.8, 4) is 6.07 Å². The average molecular weight is 542 g/mol. The summed E-state index contributed by atoms with van der Waals surface area (Å²) in [5, 5.41) is 26.3. The molecule has 5 heteroatoms. The molecule has 42 heavy (non-hydrogen) atoms. The first-order valence-corrected chi connectivity index (χ1v) is 13.6. The van der Waals surface area contributed by atoms with Crippen LogP contribution in [-0.2, 0) is 0 Å². The van der Waals surface area contributed by atoms with Crippen molar-refractivity contribution in [1.29, 1.82) is 5.26 Å². The van der Waals surface area contributed by atoms with Crippen LogP contribution in [-0.4, -0.2) is 29.5 Å². The van der Waals surface area contributed by atoms with E-state index >= 15 is 0 Å². The van der Waals surface area contributed by atoms with Crippen LogP contribution >= 0.6 is 0 Å². The fourth-order valence-corrected chi connectivity index (χ4v) is 6.54. The molecule has 2 aliphatic carbocycles. The van der Waals surface area contributed by atoms with Gasteiger partial charge in [-0.1, -0.05) is 72.8 Å². The Kier molecular flexibility index (Phi) is 5.58. The van der Waals surface area contributed by atoms with Gasteiger partial charge in [0.15, 0.2) is 0 Å². The number of aliphatic hydroxyl groups is 1. The Morgan fingerprint density at radius 1 is 0.762 bits per heavy atom. The summed E-state index contributed by atoms with van der Waals surface area (Å²) in [5.41, 5.74) is 14.7. The number of rotatable bonds is 1. The van der Waals surface area contributed by atoms with Crippen molar-refractivity contribution >= 4 is 44.1 Å². The van der Waals surface area contributed by atoms with Gasteiger partial charge in [-0.2, -0.15) is 0 Å². The molecule has 0 bridgehead atoms. The van der Waals surface area contributed by atoms with Gasteiger partial charge in [0, 0.05) is 39.1 Å². The maximum Gasteiger partial charge on any atom is 0.270 e. The monoisotopic (exact) mass is 541 g/mol. The molecule has 5 nitrogen and oxygen atoms in total. The summed E-state index contributed by atoms with van der Waals surface area (Å²) in [4.78, 5) is 3.67. The minimum Gasteiger partial charge on any atom is -0.507 e. The summed E-state index contributed by atoms with van der Waals surface area (Å²) >= 11 is 0. The van der Waals surface area contributed by atoms with Gasteiger partial charge in [-0.3, -0.25) is 0 Å². The second-order valence-corrected chi connectivity index (χ2v) is 10.7. The SMILES string of the molecule is [C-]#[N+]/C(C#N)=C1C(c2c3ccccc3cc3ccccc23)=C(O)C\1=C1\c2ccccc2C(=[N+](C)C)c2cccc(N)c21. The molecule has 0 fully saturated rings. The Bertz CT molecular complexity index is 2180. The van der Waals surface area contributed by atoms with E-state index < -0.39 is 0 Å². The molecule has 0 aliphatic heterocycles. The van der Waals surface area contributed by atoms with Crippen molar-refractivity contribution in [1.82, 2.24) is 0 Å². The number of allylic oxidation sites excluding steroid dienone is 3. The maximum absolute atomic E-state index is 12.1. The third kappa shape index (κ3) is 3.38. The number of nitriles is 1. The van der Waals surface area contributed by atoms with Crippen LogP contribution in [0.25, 0.3) is 37.5 Å². The first kappa shape index (κ1) is 25.1. The van der Waals surface area contributed by atoms with Gasteiger partial charge in [-0.05, 0) is 51.4 Å². The minimum atomic E-state index is -0.0711. The van der Waals surface area contributed by atoms with Crippen molar-refractivity contribution in [2.75, 3.05) is 19.8 Å². The van der Waals surface area contributed by atoms with Crippen molar-refractivity contribution < 1.29 is 9.68 Å². The molecule has 0 spiro atoms. The van der Waals surface area contributed by atoms with Crippen LogP contribution in [0.2, 0.25) is 0 Å². The Labute approximate surface area is 243 Å². The molecule has 5 aromatic carbocycles. The van der Waals surface area contributed by atoms with Gasteiger partial charge in [0.25, 0.3) is 5.70 Å². The molecule has 7 rings (SSSR count). The zero-order chi connectivity index (χ0) is 29.1. The van der Waals surface area contributed by atoms with Crippen LogP contribution in [0, 0.1) is 17.9 Å². The fraction of sp³-hybridized carbons (Fsp3) is 0.0541. The average Bonchev–Trinajstić information content (AvgIpc) is 3.00. The number of hydrogen-bond donors (Lipinski definition) is 2. The van der Waals surface area contributed by atoms with Crippen LogP contribution in [0.4, 0.5) is 5.69 Å². The Morgan fingerprint density at radius 2 is 1.36 bits per heavy atom. The number of nitrogens with zero attached hydrogens (tertiary/aromatic N) is 3. The Balaban J connectivity index is 1.69. The summed E-state index contributed by atoms with van der Waals surface area (Å²) in [7, 11) is 4.00. The molecular weight excluding hydrogens is 516 g/mol. The lowest BCUT2D eigenvalue weighted by Crippen LogP contribution is -2.26. The van der Waals surface area contributed by atoms with E-state index in [0.29, 0.717) is 22.4 Å². The van der Waals surface area contributed by atoms with Gasteiger partial charge in [-0.25, -0.2) is 14.7 Å². The van der Waals surface area contributed by atoms with Crippen molar-refractivity contribution in [3.05, 3.63) is 159 Å². The number of nitrogen functional groups attached to an aromatic ring is 1. The first-order chi connectivity index (χ1) is 20.5. The lowest BCUT2D eigenvalue weighted by atomic mass is 9.69. The van der Waals surface area contributed by atoms with Gasteiger partial charge < -0.3 is 10.8 Å². The number of hydrogen-bond acceptors (Lipinski definition) is 3. The maximum atomic E-state index is 12.1. The molecule has 5 aromatic rings. The number of nitrogens with two attached hydrogens (primary N) is 1. The summed E-state index contributed by atoms with van der Waals surface area (Å²) in [6.07, 6.45) is 0. The normalized spacial score (nSPS) is 16.8. The third-order valence-electron chi connectivity index (χ3n) is 8.20. The van der Waals surface area contributed by atoms with E-state index in [4.69, 9.17) is 12.3 Å². The molecule has 0 unspecified atom stereocenters. The number of anilines is 1. The van der Waals surface area contributed by atoms with Crippen molar-refractivity contribution in [3.63, 3.8) is 0 Å². The van der Waals surface area contributed by atoms with Gasteiger partial charge >= 0.3 is 0 Å². The topological polar surface area (TPSA) is 77.4 Å². The van der Waals surface area contributed by atoms with Crippen molar-refractivity contribution in [2.24, 2.45) is 0 Å². The Morgan fingerprint density at radius 3 is 1.98 bits per heavy atom. The highest BCUT2D eigenvalue weighted by molar-refractivity contribution is 6.24. The second kappa shape index (κ2) is 9.34. The van der Waals surface area contributed by atoms with Crippen LogP contribution in [0.15, 0.2) is 120 Å². The molecule has 0 amide bonds. The van der Waals surface area contributed by atoms with Gasteiger partial charge in [0.1, 0.15) is 19.9 Å². The highest BCUT2D eigenvalue weighted by Gasteiger charge is 2.42. The lowest BCUT2D eigenvalue weighted by molar-refractivity contribution is -0.463. The quantitative estimate of drug-likeness (QED) is 0.0745. The number of fused-ring (bicyclic) bond motifs is 4. The first-order valence-electron chi connectivity index (χ1n) is 13.6. The van der Waals surface area contributed by atoms with Gasteiger partial charge in [0.05, 0.1) is 23.8 Å². The van der Waals surface area contributed by atoms with E-state index in [0.717, 1.165) is 60.6 Å². The van der Waals surface area contributed by atoms with Crippen LogP contribution < -0.4 is 5.73 Å². The second-order valence-electron chi connectivity index (χ2n) is 10.7. The number of benzene rings is 5. The van der Waals surface area contributed by atoms with E-state index in [-0.39, 0.29) is 11.5 Å². The molecule has 198 valence electrons. The van der Waals surface area contributed by atoms with Gasteiger partial charge in [-0.15, -0.1) is 0 Å². The molecule has 0 aromatic heterocycles. The van der Waals surface area contributed by atoms with Crippen LogP contribution in [0.3, 0.4) is 0 Å². The van der Waals surface area contributed by atoms with Crippen LogP contribution in [0.1, 0.15) is 27.8 Å². The van der Waals surface area contributed by atoms with E-state index in [2.05, 4.69) is 27.6 Å². The molecular formula is C37H25N4O+. The zero-order valence-corrected chi connectivity index (χ0v) is 23.1. The summed E-state index contributed by atoms with van der Waals surface area (Å²) < 4.78 is 2.07. The predicted octanol–water partition coefficient (Wildman–Crippen LogP) is 7.48. The molecule has 0 atom stereocenters. The highest BCUT2D eigenvalue weighted by atomic mass is 16.3. The molecule has 0 radical (unpaired) electrons. The fourth-order valence-electron chi connectivity index (χ4n) is 6.54. The lowest BCUT2D eigenvalue weighted by Gasteiger charge is -2.34. The van der Waals surface area contributed by atoms with E-state index in [9.17, 15) is 10.4 Å². The van der Waals surface area contributed by atoms with Gasteiger partial charge in [0.2, 0.25) is 5.71 Å². The molecule has 3 N–H and O–H groups in total. The highest BCUT2D eigenvalue weighted by Crippen LogP contribution is 2.55. The van der Waals surface area contributed by atoms with E-state index in [1.807, 2.05) is 99.0 Å². The predicted molar refractivity (Wildman–Crippen MR) is 169 cm³/mol.